The van der Waals surface area contributed by atoms with Crippen LogP contribution in [0.1, 0.15) is 33.1 Å². The molecule has 2 saturated heterocycles. The summed E-state index contributed by atoms with van der Waals surface area (Å²) in [5.41, 5.74) is 1.27. The first-order valence-electron chi connectivity index (χ1n) is 6.86. The number of hydrogen-bond donors (Lipinski definition) is 1. The minimum atomic E-state index is 0.687. The summed E-state index contributed by atoms with van der Waals surface area (Å²) in [6.07, 6.45) is 4.03. The number of nitrogens with one attached hydrogen (secondary N) is 1. The van der Waals surface area contributed by atoms with Crippen molar-refractivity contribution in [3.05, 3.63) is 30.3 Å². The van der Waals surface area contributed by atoms with Crippen LogP contribution in [0, 0.1) is 0 Å². The van der Waals surface area contributed by atoms with Crippen LogP contribution in [-0.4, -0.2) is 30.1 Å². The molecular formula is C15H24N2. The van der Waals surface area contributed by atoms with Gasteiger partial charge in [-0.1, -0.05) is 32.0 Å². The van der Waals surface area contributed by atoms with E-state index in [4.69, 9.17) is 0 Å². The van der Waals surface area contributed by atoms with Crippen molar-refractivity contribution in [2.24, 2.45) is 0 Å². The molecule has 2 heterocycles. The lowest BCUT2D eigenvalue weighted by Crippen LogP contribution is -2.61. The Morgan fingerprint density at radius 3 is 2.12 bits per heavy atom. The minimum Gasteiger partial charge on any atom is -0.382 e. The van der Waals surface area contributed by atoms with Gasteiger partial charge in [0.2, 0.25) is 0 Å². The molecule has 0 amide bonds. The molecule has 2 aliphatic heterocycles. The summed E-state index contributed by atoms with van der Waals surface area (Å²) in [4.78, 5) is 2.53. The van der Waals surface area contributed by atoms with Gasteiger partial charge in [-0.2, -0.15) is 0 Å². The molecule has 0 spiro atoms. The lowest BCUT2D eigenvalue weighted by molar-refractivity contribution is -0.00792. The van der Waals surface area contributed by atoms with E-state index in [0.29, 0.717) is 6.04 Å². The number of benzene rings is 1. The SMILES string of the molecule is CC.CN1C2CC(Nc3ccccc3)CC1C2. The molecule has 2 unspecified atom stereocenters. The molecule has 0 radical (unpaired) electrons. The van der Waals surface area contributed by atoms with E-state index in [9.17, 15) is 0 Å². The fourth-order valence-corrected chi connectivity index (χ4v) is 2.97. The maximum Gasteiger partial charge on any atom is 0.0342 e. The number of anilines is 1. The van der Waals surface area contributed by atoms with Crippen LogP contribution in [0.4, 0.5) is 5.69 Å². The van der Waals surface area contributed by atoms with Crippen molar-refractivity contribution >= 4 is 5.69 Å². The average molecular weight is 232 g/mol. The zero-order chi connectivity index (χ0) is 12.3. The van der Waals surface area contributed by atoms with Gasteiger partial charge >= 0.3 is 0 Å². The summed E-state index contributed by atoms with van der Waals surface area (Å²) in [5, 5.41) is 3.64. The van der Waals surface area contributed by atoms with Crippen molar-refractivity contribution < 1.29 is 0 Å². The fourth-order valence-electron chi connectivity index (χ4n) is 2.97. The predicted molar refractivity (Wildman–Crippen MR) is 74.4 cm³/mol. The lowest BCUT2D eigenvalue weighted by atomic mass is 9.77. The van der Waals surface area contributed by atoms with Crippen LogP contribution in [0.5, 0.6) is 0 Å². The highest BCUT2D eigenvalue weighted by Crippen LogP contribution is 2.37. The zero-order valence-corrected chi connectivity index (χ0v) is 11.2. The van der Waals surface area contributed by atoms with Gasteiger partial charge in [0, 0.05) is 23.8 Å². The molecule has 2 atom stereocenters. The van der Waals surface area contributed by atoms with Gasteiger partial charge in [-0.05, 0) is 38.4 Å². The number of para-hydroxylation sites is 1. The molecule has 1 saturated carbocycles. The van der Waals surface area contributed by atoms with Crippen LogP contribution in [0.3, 0.4) is 0 Å². The third-order valence-corrected chi connectivity index (χ3v) is 3.95. The van der Waals surface area contributed by atoms with Crippen molar-refractivity contribution in [3.8, 4) is 0 Å². The normalized spacial score (nSPS) is 30.9. The highest BCUT2D eigenvalue weighted by atomic mass is 15.2. The first kappa shape index (κ1) is 12.4. The van der Waals surface area contributed by atoms with E-state index in [2.05, 4.69) is 47.6 Å². The molecule has 2 heteroatoms. The quantitative estimate of drug-likeness (QED) is 0.841. The molecule has 3 fully saturated rings. The molecule has 3 aliphatic rings. The number of piperidine rings is 1. The van der Waals surface area contributed by atoms with E-state index in [1.807, 2.05) is 13.8 Å². The second-order valence-corrected chi connectivity index (χ2v) is 4.89. The maximum atomic E-state index is 3.64. The molecule has 1 N–H and O–H groups in total. The highest BCUT2D eigenvalue weighted by Gasteiger charge is 2.42. The molecule has 1 aromatic carbocycles. The molecule has 1 aromatic rings. The van der Waals surface area contributed by atoms with Gasteiger partial charge in [-0.3, -0.25) is 0 Å². The van der Waals surface area contributed by atoms with Crippen molar-refractivity contribution in [1.29, 1.82) is 0 Å². The van der Waals surface area contributed by atoms with Crippen molar-refractivity contribution in [1.82, 2.24) is 4.90 Å². The Kier molecular flexibility index (Phi) is 4.06. The Balaban J connectivity index is 0.000000514. The Labute approximate surface area is 105 Å². The highest BCUT2D eigenvalue weighted by molar-refractivity contribution is 5.43. The zero-order valence-electron chi connectivity index (χ0n) is 11.2. The van der Waals surface area contributed by atoms with E-state index >= 15 is 0 Å². The number of hydrogen-bond acceptors (Lipinski definition) is 2. The Bertz CT molecular complexity index is 324. The molecule has 0 aromatic heterocycles. The third kappa shape index (κ3) is 2.63. The van der Waals surface area contributed by atoms with E-state index < -0.39 is 0 Å². The van der Waals surface area contributed by atoms with E-state index in [-0.39, 0.29) is 0 Å². The van der Waals surface area contributed by atoms with Gasteiger partial charge in [0.1, 0.15) is 0 Å². The van der Waals surface area contributed by atoms with Gasteiger partial charge in [0.25, 0.3) is 0 Å². The van der Waals surface area contributed by atoms with Crippen molar-refractivity contribution in [2.45, 2.75) is 51.2 Å². The summed E-state index contributed by atoms with van der Waals surface area (Å²) < 4.78 is 0. The summed E-state index contributed by atoms with van der Waals surface area (Å²) >= 11 is 0. The first-order chi connectivity index (χ1) is 8.33. The Hall–Kier alpha value is -1.02. The van der Waals surface area contributed by atoms with Crippen molar-refractivity contribution in [3.63, 3.8) is 0 Å². The topological polar surface area (TPSA) is 15.3 Å². The van der Waals surface area contributed by atoms with Crippen LogP contribution in [0.25, 0.3) is 0 Å². The van der Waals surface area contributed by atoms with Crippen LogP contribution in [0.15, 0.2) is 30.3 Å². The van der Waals surface area contributed by atoms with Crippen LogP contribution < -0.4 is 5.32 Å². The third-order valence-electron chi connectivity index (χ3n) is 3.95. The molecule has 2 bridgehead atoms. The largest absolute Gasteiger partial charge is 0.382 e. The number of fused-ring (bicyclic) bond motifs is 2. The Morgan fingerprint density at radius 1 is 1.00 bits per heavy atom. The molecule has 1 aliphatic carbocycles. The molecule has 4 rings (SSSR count). The predicted octanol–water partition coefficient (Wildman–Crippen LogP) is 3.36. The molecular weight excluding hydrogens is 208 g/mol. The smallest absolute Gasteiger partial charge is 0.0342 e. The second-order valence-electron chi connectivity index (χ2n) is 4.89. The molecule has 2 nitrogen and oxygen atoms in total. The molecule has 94 valence electrons. The lowest BCUT2D eigenvalue weighted by Gasteiger charge is -2.54. The summed E-state index contributed by atoms with van der Waals surface area (Å²) in [6.45, 7) is 4.00. The standard InChI is InChI=1S/C13H18N2.C2H6/c1-15-12-7-11(8-13(15)9-12)14-10-5-3-2-4-6-10;1-2/h2-6,11-14H,7-9H2,1H3;1-2H3. The monoisotopic (exact) mass is 232 g/mol. The van der Waals surface area contributed by atoms with Crippen molar-refractivity contribution in [2.75, 3.05) is 12.4 Å². The van der Waals surface area contributed by atoms with Gasteiger partial charge in [0.15, 0.2) is 0 Å². The van der Waals surface area contributed by atoms with Gasteiger partial charge in [0.05, 0.1) is 0 Å². The second kappa shape index (κ2) is 5.54. The van der Waals surface area contributed by atoms with E-state index in [0.717, 1.165) is 12.1 Å². The van der Waals surface area contributed by atoms with E-state index in [1.54, 1.807) is 0 Å². The van der Waals surface area contributed by atoms with Crippen LogP contribution in [-0.2, 0) is 0 Å². The first-order valence-corrected chi connectivity index (χ1v) is 6.86. The van der Waals surface area contributed by atoms with Gasteiger partial charge in [-0.15, -0.1) is 0 Å². The molecule has 17 heavy (non-hydrogen) atoms. The summed E-state index contributed by atoms with van der Waals surface area (Å²) in [6, 6.07) is 12.9. The van der Waals surface area contributed by atoms with E-state index in [1.165, 1.54) is 24.9 Å². The maximum absolute atomic E-state index is 3.64. The minimum absolute atomic E-state index is 0.687. The van der Waals surface area contributed by atoms with Crippen LogP contribution in [0.2, 0.25) is 0 Å². The summed E-state index contributed by atoms with van der Waals surface area (Å²) in [7, 11) is 2.26. The van der Waals surface area contributed by atoms with Crippen LogP contribution >= 0.6 is 0 Å². The van der Waals surface area contributed by atoms with Gasteiger partial charge < -0.3 is 10.2 Å². The average Bonchev–Trinajstić information content (AvgIpc) is 2.42. The summed E-state index contributed by atoms with van der Waals surface area (Å²) in [5.74, 6) is 0. The number of nitrogens with zero attached hydrogens (tertiary/aromatic N) is 1. The fraction of sp³-hybridized carbons (Fsp3) is 0.600. The van der Waals surface area contributed by atoms with Gasteiger partial charge in [-0.25, -0.2) is 0 Å². The number of rotatable bonds is 2. The Morgan fingerprint density at radius 2 is 1.59 bits per heavy atom.